The van der Waals surface area contributed by atoms with Crippen molar-refractivity contribution in [2.45, 2.75) is 11.8 Å². The van der Waals surface area contributed by atoms with Crippen LogP contribution in [0.3, 0.4) is 0 Å². The highest BCUT2D eigenvalue weighted by Crippen LogP contribution is 2.45. The van der Waals surface area contributed by atoms with E-state index in [2.05, 4.69) is 6.07 Å². The molecule has 0 saturated carbocycles. The smallest absolute Gasteiger partial charge is 0.310 e. The Kier molecular flexibility index (Phi) is 6.20. The van der Waals surface area contributed by atoms with Crippen molar-refractivity contribution in [2.24, 2.45) is 5.92 Å². The summed E-state index contributed by atoms with van der Waals surface area (Å²) in [6.45, 7) is 2.92. The van der Waals surface area contributed by atoms with Crippen LogP contribution < -0.4 is 4.90 Å². The first kappa shape index (κ1) is 24.3. The zero-order valence-corrected chi connectivity index (χ0v) is 22.1. The van der Waals surface area contributed by atoms with Gasteiger partial charge in [-0.3, -0.25) is 4.79 Å². The number of para-hydroxylation sites is 1. The van der Waals surface area contributed by atoms with Gasteiger partial charge in [-0.15, -0.1) is 11.3 Å². The third kappa shape index (κ3) is 4.15. The fourth-order valence-electron chi connectivity index (χ4n) is 4.92. The minimum Gasteiger partial charge on any atom is -0.587 e. The number of fused-ring (bicyclic) bond motifs is 1. The molecular formula is C30H23N3O3S2. The van der Waals surface area contributed by atoms with Crippen molar-refractivity contribution in [3.63, 3.8) is 0 Å². The number of carboxylic acids is 1. The fourth-order valence-corrected chi connectivity index (χ4v) is 6.89. The van der Waals surface area contributed by atoms with Gasteiger partial charge in [0.05, 0.1) is 11.4 Å². The molecule has 5 aromatic rings. The van der Waals surface area contributed by atoms with E-state index < -0.39 is 17.3 Å². The monoisotopic (exact) mass is 537 g/mol. The van der Waals surface area contributed by atoms with Gasteiger partial charge in [0.25, 0.3) is 0 Å². The second-order valence-electron chi connectivity index (χ2n) is 9.40. The standard InChI is InChI=1S/C30H23N3O3S2/c1-19-9-11-25(12-10-19)38(36)33-27-8-3-2-7-26(27)28(21-14-24(15-31)37-18-21)29(33)20-5-4-6-23(13-20)32-16-22(17-32)30(34)35/h2-14,18,22H,16-17H2,1H3,(H,34,35). The predicted molar refractivity (Wildman–Crippen MR) is 152 cm³/mol. The molecule has 0 aliphatic carbocycles. The van der Waals surface area contributed by atoms with Crippen LogP contribution in [0.4, 0.5) is 5.69 Å². The van der Waals surface area contributed by atoms with Crippen molar-refractivity contribution in [1.29, 1.82) is 5.26 Å². The average Bonchev–Trinajstić information content (AvgIpc) is 3.50. The highest BCUT2D eigenvalue weighted by Gasteiger charge is 2.33. The van der Waals surface area contributed by atoms with E-state index in [1.807, 2.05) is 100 Å². The lowest BCUT2D eigenvalue weighted by atomic mass is 9.97. The molecule has 0 radical (unpaired) electrons. The normalized spacial score (nSPS) is 14.3. The number of aromatic nitrogens is 1. The summed E-state index contributed by atoms with van der Waals surface area (Å²) in [6.07, 6.45) is 0. The van der Waals surface area contributed by atoms with Crippen LogP contribution in [0.2, 0.25) is 0 Å². The van der Waals surface area contributed by atoms with Crippen LogP contribution in [0.15, 0.2) is 89.1 Å². The number of thiophene rings is 1. The van der Waals surface area contributed by atoms with Crippen molar-refractivity contribution in [3.8, 4) is 28.5 Å². The lowest BCUT2D eigenvalue weighted by molar-refractivity contribution is -0.142. The van der Waals surface area contributed by atoms with Crippen LogP contribution >= 0.6 is 11.3 Å². The van der Waals surface area contributed by atoms with Gasteiger partial charge in [0.1, 0.15) is 28.0 Å². The Morgan fingerprint density at radius 1 is 1.05 bits per heavy atom. The van der Waals surface area contributed by atoms with Gasteiger partial charge in [-0.25, -0.2) is 0 Å². The second kappa shape index (κ2) is 9.69. The third-order valence-electron chi connectivity index (χ3n) is 6.93. The number of benzene rings is 3. The lowest BCUT2D eigenvalue weighted by Gasteiger charge is -2.38. The number of aliphatic carboxylic acids is 1. The fraction of sp³-hybridized carbons (Fsp3) is 0.133. The summed E-state index contributed by atoms with van der Waals surface area (Å²) in [6, 6.07) is 27.7. The van der Waals surface area contributed by atoms with Crippen LogP contribution in [-0.4, -0.2) is 32.7 Å². The van der Waals surface area contributed by atoms with E-state index in [-0.39, 0.29) is 5.92 Å². The highest BCUT2D eigenvalue weighted by molar-refractivity contribution is 7.90. The van der Waals surface area contributed by atoms with Crippen LogP contribution in [0.25, 0.3) is 33.3 Å². The van der Waals surface area contributed by atoms with E-state index in [1.54, 1.807) is 0 Å². The average molecular weight is 538 g/mol. The number of aryl methyl sites for hydroxylation is 1. The number of carbonyl (C=O) groups is 1. The largest absolute Gasteiger partial charge is 0.587 e. The van der Waals surface area contributed by atoms with Gasteiger partial charge in [-0.1, -0.05) is 48.0 Å². The molecule has 0 amide bonds. The Morgan fingerprint density at radius 3 is 2.53 bits per heavy atom. The van der Waals surface area contributed by atoms with Gasteiger partial charge >= 0.3 is 5.97 Å². The molecule has 8 heteroatoms. The van der Waals surface area contributed by atoms with E-state index in [0.717, 1.165) is 44.5 Å². The molecule has 3 aromatic carbocycles. The molecule has 1 fully saturated rings. The summed E-state index contributed by atoms with van der Waals surface area (Å²) in [4.78, 5) is 14.7. The third-order valence-corrected chi connectivity index (χ3v) is 9.16. The number of hydrogen-bond acceptors (Lipinski definition) is 5. The van der Waals surface area contributed by atoms with E-state index in [4.69, 9.17) is 0 Å². The molecule has 0 spiro atoms. The zero-order chi connectivity index (χ0) is 26.4. The number of hydrogen-bond donors (Lipinski definition) is 1. The summed E-state index contributed by atoms with van der Waals surface area (Å²) >= 11 is -0.157. The van der Waals surface area contributed by atoms with E-state index in [0.29, 0.717) is 22.9 Å². The van der Waals surface area contributed by atoms with Crippen LogP contribution in [0.5, 0.6) is 0 Å². The first-order chi connectivity index (χ1) is 18.4. The number of carboxylic acid groups (broad SMARTS) is 1. The zero-order valence-electron chi connectivity index (χ0n) is 20.5. The molecule has 1 saturated heterocycles. The molecule has 1 unspecified atom stereocenters. The van der Waals surface area contributed by atoms with Crippen molar-refractivity contribution < 1.29 is 14.5 Å². The first-order valence-corrected chi connectivity index (χ1v) is 14.1. The van der Waals surface area contributed by atoms with Gasteiger partial charge in [0, 0.05) is 40.7 Å². The Bertz CT molecular complexity index is 1710. The quantitative estimate of drug-likeness (QED) is 0.256. The maximum Gasteiger partial charge on any atom is 0.310 e. The molecule has 1 atom stereocenters. The van der Waals surface area contributed by atoms with Crippen LogP contribution in [0.1, 0.15) is 10.4 Å². The van der Waals surface area contributed by atoms with Crippen molar-refractivity contribution >= 4 is 45.3 Å². The summed E-state index contributed by atoms with van der Waals surface area (Å²) in [5.74, 6) is -1.15. The molecule has 1 aliphatic rings. The summed E-state index contributed by atoms with van der Waals surface area (Å²) < 4.78 is 16.1. The number of rotatable bonds is 6. The molecule has 6 nitrogen and oxygen atoms in total. The van der Waals surface area contributed by atoms with E-state index >= 15 is 0 Å². The summed E-state index contributed by atoms with van der Waals surface area (Å²) in [5.41, 5.74) is 6.34. The molecule has 38 heavy (non-hydrogen) atoms. The molecule has 6 rings (SSSR count). The molecule has 188 valence electrons. The van der Waals surface area contributed by atoms with Gasteiger partial charge < -0.3 is 14.6 Å². The molecule has 1 aliphatic heterocycles. The molecular weight excluding hydrogens is 514 g/mol. The Labute approximate surface area is 227 Å². The van der Waals surface area contributed by atoms with Crippen molar-refractivity contribution in [2.75, 3.05) is 18.0 Å². The SMILES string of the molecule is Cc1ccc([S+]([O-])n2c(-c3cccc(N4CC(C(=O)O)C4)c3)c(-c3csc(C#N)c3)c3ccccc32)cc1. The number of nitriles is 1. The Balaban J connectivity index is 1.59. The lowest BCUT2D eigenvalue weighted by Crippen LogP contribution is -2.50. The van der Waals surface area contributed by atoms with Crippen molar-refractivity contribution in [1.82, 2.24) is 3.97 Å². The van der Waals surface area contributed by atoms with Crippen LogP contribution in [-0.2, 0) is 16.2 Å². The second-order valence-corrected chi connectivity index (χ2v) is 11.6. The topological polar surface area (TPSA) is 92.3 Å². The summed E-state index contributed by atoms with van der Waals surface area (Å²) in [5, 5.41) is 21.8. The van der Waals surface area contributed by atoms with E-state index in [1.165, 1.54) is 11.3 Å². The first-order valence-electron chi connectivity index (χ1n) is 12.1. The van der Waals surface area contributed by atoms with Gasteiger partial charge in [0.15, 0.2) is 4.90 Å². The maximum atomic E-state index is 14.2. The van der Waals surface area contributed by atoms with Gasteiger partial charge in [0.2, 0.25) is 0 Å². The van der Waals surface area contributed by atoms with Crippen LogP contribution in [0, 0.1) is 24.2 Å². The van der Waals surface area contributed by atoms with Gasteiger partial charge in [-0.05, 0) is 48.9 Å². The molecule has 0 bridgehead atoms. The maximum absolute atomic E-state index is 14.2. The molecule has 3 heterocycles. The number of nitrogens with zero attached hydrogens (tertiary/aromatic N) is 3. The van der Waals surface area contributed by atoms with E-state index in [9.17, 15) is 19.7 Å². The van der Waals surface area contributed by atoms with Crippen molar-refractivity contribution in [3.05, 3.63) is 94.7 Å². The minimum absolute atomic E-state index is 0.370. The number of anilines is 1. The van der Waals surface area contributed by atoms with Gasteiger partial charge in [-0.2, -0.15) is 9.23 Å². The predicted octanol–water partition coefficient (Wildman–Crippen LogP) is 6.31. The minimum atomic E-state index is -1.54. The Hall–Kier alpha value is -4.03. The summed E-state index contributed by atoms with van der Waals surface area (Å²) in [7, 11) is 0. The highest BCUT2D eigenvalue weighted by atomic mass is 32.2. The Morgan fingerprint density at radius 2 is 1.82 bits per heavy atom. The molecule has 2 aromatic heterocycles. The molecule has 1 N–H and O–H groups in total.